The van der Waals surface area contributed by atoms with E-state index in [2.05, 4.69) is 15.7 Å². The standard InChI is InChI=1S/C19H20N4O2S/c24-18(7-4-9-20-19(25)16-8-10-26-14-16)21-11-15-12-22-23(13-15)17-5-2-1-3-6-17/h1-3,5-6,8,10,12-14H,4,7,9,11H2,(H,20,25)(H,21,24). The van der Waals surface area contributed by atoms with Crippen LogP contribution in [0.3, 0.4) is 0 Å². The maximum atomic E-state index is 11.9. The Morgan fingerprint density at radius 1 is 1.12 bits per heavy atom. The number of thiophene rings is 1. The summed E-state index contributed by atoms with van der Waals surface area (Å²) in [6.07, 6.45) is 4.62. The van der Waals surface area contributed by atoms with Crippen molar-refractivity contribution < 1.29 is 9.59 Å². The third kappa shape index (κ3) is 5.03. The number of carbonyl (C=O) groups excluding carboxylic acids is 2. The van der Waals surface area contributed by atoms with Crippen LogP contribution in [0.5, 0.6) is 0 Å². The molecule has 2 aromatic heterocycles. The second-order valence-electron chi connectivity index (χ2n) is 5.78. The lowest BCUT2D eigenvalue weighted by atomic mass is 10.2. The lowest BCUT2D eigenvalue weighted by Gasteiger charge is -2.05. The normalized spacial score (nSPS) is 10.5. The van der Waals surface area contributed by atoms with Gasteiger partial charge in [0.25, 0.3) is 5.91 Å². The van der Waals surface area contributed by atoms with Gasteiger partial charge in [0.2, 0.25) is 5.91 Å². The van der Waals surface area contributed by atoms with Crippen LogP contribution >= 0.6 is 11.3 Å². The van der Waals surface area contributed by atoms with Crippen LogP contribution in [0.4, 0.5) is 0 Å². The fourth-order valence-electron chi connectivity index (χ4n) is 2.41. The smallest absolute Gasteiger partial charge is 0.252 e. The van der Waals surface area contributed by atoms with Crippen molar-refractivity contribution in [3.05, 3.63) is 70.7 Å². The van der Waals surface area contributed by atoms with Gasteiger partial charge in [-0.15, -0.1) is 0 Å². The number of benzene rings is 1. The molecular weight excluding hydrogens is 348 g/mol. The summed E-state index contributed by atoms with van der Waals surface area (Å²) in [5, 5.41) is 13.7. The lowest BCUT2D eigenvalue weighted by molar-refractivity contribution is -0.121. The van der Waals surface area contributed by atoms with Gasteiger partial charge in [0, 0.05) is 42.2 Å². The molecule has 3 rings (SSSR count). The Bertz CT molecular complexity index is 844. The molecule has 2 amide bonds. The highest BCUT2D eigenvalue weighted by atomic mass is 32.1. The fraction of sp³-hybridized carbons (Fsp3) is 0.211. The van der Waals surface area contributed by atoms with Crippen molar-refractivity contribution in [1.82, 2.24) is 20.4 Å². The average molecular weight is 368 g/mol. The van der Waals surface area contributed by atoms with Gasteiger partial charge in [0.05, 0.1) is 11.9 Å². The van der Waals surface area contributed by atoms with Crippen LogP contribution in [0.1, 0.15) is 28.8 Å². The Labute approximate surface area is 155 Å². The van der Waals surface area contributed by atoms with Crippen molar-refractivity contribution in [3.63, 3.8) is 0 Å². The Morgan fingerprint density at radius 3 is 2.73 bits per heavy atom. The molecule has 7 heteroatoms. The number of carbonyl (C=O) groups is 2. The van der Waals surface area contributed by atoms with Crippen molar-refractivity contribution in [3.8, 4) is 5.69 Å². The number of aromatic nitrogens is 2. The molecule has 134 valence electrons. The zero-order chi connectivity index (χ0) is 18.2. The first-order chi connectivity index (χ1) is 12.7. The summed E-state index contributed by atoms with van der Waals surface area (Å²) in [6.45, 7) is 0.918. The molecule has 0 bridgehead atoms. The van der Waals surface area contributed by atoms with Crippen molar-refractivity contribution in [2.24, 2.45) is 0 Å². The quantitative estimate of drug-likeness (QED) is 0.600. The van der Waals surface area contributed by atoms with Gasteiger partial charge in [0.15, 0.2) is 0 Å². The number of para-hydroxylation sites is 1. The van der Waals surface area contributed by atoms with Gasteiger partial charge in [-0.25, -0.2) is 4.68 Å². The van der Waals surface area contributed by atoms with Crippen molar-refractivity contribution >= 4 is 23.2 Å². The third-order valence-electron chi connectivity index (χ3n) is 3.80. The maximum absolute atomic E-state index is 11.9. The largest absolute Gasteiger partial charge is 0.352 e. The van der Waals surface area contributed by atoms with Gasteiger partial charge in [-0.2, -0.15) is 16.4 Å². The van der Waals surface area contributed by atoms with Crippen LogP contribution in [-0.2, 0) is 11.3 Å². The molecule has 1 aromatic carbocycles. The first-order valence-electron chi connectivity index (χ1n) is 8.38. The van der Waals surface area contributed by atoms with Crippen LogP contribution in [0.15, 0.2) is 59.6 Å². The molecule has 0 aliphatic rings. The summed E-state index contributed by atoms with van der Waals surface area (Å²) in [7, 11) is 0. The summed E-state index contributed by atoms with van der Waals surface area (Å²) in [5.41, 5.74) is 2.58. The number of nitrogens with zero attached hydrogens (tertiary/aromatic N) is 2. The highest BCUT2D eigenvalue weighted by Crippen LogP contribution is 2.08. The number of hydrogen-bond donors (Lipinski definition) is 2. The van der Waals surface area contributed by atoms with Gasteiger partial charge in [-0.3, -0.25) is 9.59 Å². The molecule has 26 heavy (non-hydrogen) atoms. The maximum Gasteiger partial charge on any atom is 0.252 e. The molecule has 2 N–H and O–H groups in total. The molecule has 0 saturated heterocycles. The molecular formula is C19H20N4O2S. The molecule has 0 spiro atoms. The highest BCUT2D eigenvalue weighted by molar-refractivity contribution is 7.08. The van der Waals surface area contributed by atoms with Gasteiger partial charge in [0.1, 0.15) is 0 Å². The Morgan fingerprint density at radius 2 is 1.96 bits per heavy atom. The second kappa shape index (κ2) is 8.96. The molecule has 3 aromatic rings. The minimum absolute atomic E-state index is 0.0396. The van der Waals surface area contributed by atoms with E-state index >= 15 is 0 Å². The van der Waals surface area contributed by atoms with E-state index in [1.54, 1.807) is 22.3 Å². The topological polar surface area (TPSA) is 76.0 Å². The molecule has 2 heterocycles. The minimum atomic E-state index is -0.0972. The average Bonchev–Trinajstić information content (AvgIpc) is 3.36. The van der Waals surface area contributed by atoms with E-state index in [4.69, 9.17) is 0 Å². The predicted molar refractivity (Wildman–Crippen MR) is 101 cm³/mol. The predicted octanol–water partition coefficient (Wildman–Crippen LogP) is 2.76. The van der Waals surface area contributed by atoms with Crippen molar-refractivity contribution in [1.29, 1.82) is 0 Å². The third-order valence-corrected chi connectivity index (χ3v) is 4.48. The lowest BCUT2D eigenvalue weighted by Crippen LogP contribution is -2.27. The summed E-state index contributed by atoms with van der Waals surface area (Å²) >= 11 is 1.48. The van der Waals surface area contributed by atoms with Crippen LogP contribution in [0, 0.1) is 0 Å². The zero-order valence-electron chi connectivity index (χ0n) is 14.2. The summed E-state index contributed by atoms with van der Waals surface area (Å²) in [5.74, 6) is -0.137. The summed E-state index contributed by atoms with van der Waals surface area (Å²) in [4.78, 5) is 23.7. The SMILES string of the molecule is O=C(CCCNC(=O)c1ccsc1)NCc1cnn(-c2ccccc2)c1. The molecule has 0 atom stereocenters. The number of nitrogens with one attached hydrogen (secondary N) is 2. The summed E-state index contributed by atoms with van der Waals surface area (Å²) in [6, 6.07) is 11.6. The van der Waals surface area contributed by atoms with Gasteiger partial charge in [-0.1, -0.05) is 18.2 Å². The molecule has 6 nitrogen and oxygen atoms in total. The van der Waals surface area contributed by atoms with Crippen molar-refractivity contribution in [2.45, 2.75) is 19.4 Å². The van der Waals surface area contributed by atoms with E-state index in [1.165, 1.54) is 11.3 Å². The van der Waals surface area contributed by atoms with Crippen LogP contribution in [0.2, 0.25) is 0 Å². The number of amides is 2. The Balaban J connectivity index is 1.35. The van der Waals surface area contributed by atoms with Crippen molar-refractivity contribution in [2.75, 3.05) is 6.54 Å². The molecule has 0 unspecified atom stereocenters. The Hall–Kier alpha value is -2.93. The second-order valence-corrected chi connectivity index (χ2v) is 6.56. The fourth-order valence-corrected chi connectivity index (χ4v) is 3.04. The van der Waals surface area contributed by atoms with E-state index in [9.17, 15) is 9.59 Å². The van der Waals surface area contributed by atoms with E-state index in [-0.39, 0.29) is 11.8 Å². The summed E-state index contributed by atoms with van der Waals surface area (Å²) < 4.78 is 1.78. The highest BCUT2D eigenvalue weighted by Gasteiger charge is 2.07. The molecule has 0 saturated carbocycles. The zero-order valence-corrected chi connectivity index (χ0v) is 15.0. The molecule has 0 radical (unpaired) electrons. The van der Waals surface area contributed by atoms with Crippen LogP contribution in [-0.4, -0.2) is 28.1 Å². The van der Waals surface area contributed by atoms with Crippen LogP contribution < -0.4 is 10.6 Å². The first kappa shape index (κ1) is 17.9. The van der Waals surface area contributed by atoms with Gasteiger partial charge < -0.3 is 10.6 Å². The molecule has 0 aliphatic heterocycles. The molecule has 0 aliphatic carbocycles. The number of hydrogen-bond acceptors (Lipinski definition) is 4. The molecule has 0 fully saturated rings. The monoisotopic (exact) mass is 368 g/mol. The van der Waals surface area contributed by atoms with E-state index in [0.717, 1.165) is 11.3 Å². The number of rotatable bonds is 8. The van der Waals surface area contributed by atoms with E-state index in [0.29, 0.717) is 31.5 Å². The first-order valence-corrected chi connectivity index (χ1v) is 9.33. The minimum Gasteiger partial charge on any atom is -0.352 e. The Kier molecular flexibility index (Phi) is 6.16. The van der Waals surface area contributed by atoms with E-state index < -0.39 is 0 Å². The van der Waals surface area contributed by atoms with Gasteiger partial charge >= 0.3 is 0 Å². The van der Waals surface area contributed by atoms with Gasteiger partial charge in [-0.05, 0) is 30.0 Å². The van der Waals surface area contributed by atoms with Crippen LogP contribution in [0.25, 0.3) is 5.69 Å². The van der Waals surface area contributed by atoms with E-state index in [1.807, 2.05) is 41.9 Å².